The maximum absolute atomic E-state index is 13.3. The van der Waals surface area contributed by atoms with Crippen molar-refractivity contribution < 1.29 is 5.11 Å². The van der Waals surface area contributed by atoms with Gasteiger partial charge in [0.15, 0.2) is 11.6 Å². The predicted octanol–water partition coefficient (Wildman–Crippen LogP) is 1.53. The Morgan fingerprint density at radius 2 is 1.87 bits per heavy atom. The molecule has 1 N–H and O–H groups in total. The minimum absolute atomic E-state index is 0.105. The van der Waals surface area contributed by atoms with Crippen LogP contribution in [0.3, 0.4) is 0 Å². The molecule has 30 heavy (non-hydrogen) atoms. The molecule has 0 bridgehead atoms. The van der Waals surface area contributed by atoms with E-state index in [1.165, 1.54) is 0 Å². The molecule has 5 rings (SSSR count). The lowest BCUT2D eigenvalue weighted by molar-refractivity contribution is 0.189. The first-order valence-corrected chi connectivity index (χ1v) is 9.81. The SMILES string of the molecule is C[C@@H](O)c1nccc(N2CCc3c(c(=O)n(-c4cnc5ccccc5n4)n3C)C2)n1. The van der Waals surface area contributed by atoms with Crippen molar-refractivity contribution in [2.45, 2.75) is 26.0 Å². The molecule has 1 aromatic carbocycles. The first-order chi connectivity index (χ1) is 14.5. The summed E-state index contributed by atoms with van der Waals surface area (Å²) in [5.74, 6) is 1.57. The largest absolute Gasteiger partial charge is 0.385 e. The molecule has 3 aromatic heterocycles. The summed E-state index contributed by atoms with van der Waals surface area (Å²) in [6.07, 6.45) is 3.22. The Labute approximate surface area is 172 Å². The number of hydrogen-bond donors (Lipinski definition) is 1. The smallest absolute Gasteiger partial charge is 0.278 e. The molecule has 0 spiro atoms. The van der Waals surface area contributed by atoms with Crippen molar-refractivity contribution >= 4 is 16.9 Å². The number of nitrogens with zero attached hydrogens (tertiary/aromatic N) is 7. The molecule has 9 heteroatoms. The molecule has 0 radical (unpaired) electrons. The van der Waals surface area contributed by atoms with Gasteiger partial charge in [-0.3, -0.25) is 14.5 Å². The van der Waals surface area contributed by atoms with Crippen molar-refractivity contribution in [2.24, 2.45) is 7.05 Å². The molecule has 152 valence electrons. The standard InChI is InChI=1S/C21H21N7O2/c1-13(29)20-22-9-7-18(25-20)27-10-8-17-14(12-27)21(30)28(26(17)2)19-11-23-15-5-3-4-6-16(15)24-19/h3-7,9,11,13,29H,8,10,12H2,1-2H3/t13-/m1/s1. The van der Waals surface area contributed by atoms with Gasteiger partial charge in [0.2, 0.25) is 0 Å². The van der Waals surface area contributed by atoms with E-state index in [-0.39, 0.29) is 5.56 Å². The van der Waals surface area contributed by atoms with Crippen LogP contribution in [-0.2, 0) is 20.0 Å². The minimum atomic E-state index is -0.745. The van der Waals surface area contributed by atoms with Crippen molar-refractivity contribution in [3.05, 3.63) is 70.2 Å². The van der Waals surface area contributed by atoms with Crippen LogP contribution in [0, 0.1) is 0 Å². The van der Waals surface area contributed by atoms with Crippen molar-refractivity contribution in [2.75, 3.05) is 11.4 Å². The number of fused-ring (bicyclic) bond motifs is 2. The normalized spacial score (nSPS) is 14.7. The lowest BCUT2D eigenvalue weighted by atomic mass is 10.1. The van der Waals surface area contributed by atoms with Crippen LogP contribution in [0.4, 0.5) is 5.82 Å². The molecule has 4 heterocycles. The highest BCUT2D eigenvalue weighted by Crippen LogP contribution is 2.23. The molecule has 9 nitrogen and oxygen atoms in total. The van der Waals surface area contributed by atoms with Crippen molar-refractivity contribution in [1.29, 1.82) is 0 Å². The molecule has 4 aromatic rings. The Hall–Kier alpha value is -3.59. The Bertz CT molecular complexity index is 1310. The second kappa shape index (κ2) is 7.03. The van der Waals surface area contributed by atoms with Gasteiger partial charge in [0, 0.05) is 31.9 Å². The second-order valence-electron chi connectivity index (χ2n) is 7.40. The lowest BCUT2D eigenvalue weighted by Crippen LogP contribution is -2.33. The van der Waals surface area contributed by atoms with Crippen molar-refractivity contribution in [3.63, 3.8) is 0 Å². The van der Waals surface area contributed by atoms with E-state index >= 15 is 0 Å². The minimum Gasteiger partial charge on any atom is -0.385 e. The van der Waals surface area contributed by atoms with Gasteiger partial charge in [0.1, 0.15) is 11.9 Å². The highest BCUT2D eigenvalue weighted by molar-refractivity contribution is 5.74. The van der Waals surface area contributed by atoms with Crippen LogP contribution in [0.25, 0.3) is 16.9 Å². The van der Waals surface area contributed by atoms with Crippen LogP contribution in [0.5, 0.6) is 0 Å². The average molecular weight is 403 g/mol. The van der Waals surface area contributed by atoms with E-state index in [4.69, 9.17) is 0 Å². The highest BCUT2D eigenvalue weighted by atomic mass is 16.3. The van der Waals surface area contributed by atoms with E-state index in [0.717, 1.165) is 22.3 Å². The summed E-state index contributed by atoms with van der Waals surface area (Å²) < 4.78 is 3.45. The molecule has 0 unspecified atom stereocenters. The first kappa shape index (κ1) is 18.4. The van der Waals surface area contributed by atoms with Gasteiger partial charge in [-0.05, 0) is 25.1 Å². The third-order valence-corrected chi connectivity index (χ3v) is 5.47. The van der Waals surface area contributed by atoms with Gasteiger partial charge in [0.05, 0.1) is 29.3 Å². The molecule has 0 saturated heterocycles. The second-order valence-corrected chi connectivity index (χ2v) is 7.40. The number of para-hydroxylation sites is 2. The molecule has 1 aliphatic heterocycles. The molecule has 0 amide bonds. The summed E-state index contributed by atoms with van der Waals surface area (Å²) >= 11 is 0. The fraction of sp³-hybridized carbons (Fsp3) is 0.286. The van der Waals surface area contributed by atoms with Crippen LogP contribution < -0.4 is 10.5 Å². The Morgan fingerprint density at radius 1 is 1.07 bits per heavy atom. The maximum atomic E-state index is 13.3. The zero-order valence-electron chi connectivity index (χ0n) is 16.7. The Kier molecular flexibility index (Phi) is 4.32. The Balaban J connectivity index is 1.54. The van der Waals surface area contributed by atoms with Gasteiger partial charge in [0.25, 0.3) is 5.56 Å². The molecular formula is C21H21N7O2. The molecule has 0 aliphatic carbocycles. The van der Waals surface area contributed by atoms with E-state index in [1.54, 1.807) is 30.1 Å². The van der Waals surface area contributed by atoms with Gasteiger partial charge >= 0.3 is 0 Å². The number of aromatic nitrogens is 6. The summed E-state index contributed by atoms with van der Waals surface area (Å²) in [5.41, 5.74) is 3.13. The molecule has 1 atom stereocenters. The number of anilines is 1. The molecule has 1 aliphatic rings. The summed E-state index contributed by atoms with van der Waals surface area (Å²) in [5, 5.41) is 9.78. The summed E-state index contributed by atoms with van der Waals surface area (Å²) in [4.78, 5) is 33.0. The average Bonchev–Trinajstić information content (AvgIpc) is 3.03. The first-order valence-electron chi connectivity index (χ1n) is 9.81. The summed E-state index contributed by atoms with van der Waals surface area (Å²) in [6.45, 7) is 2.78. The fourth-order valence-corrected chi connectivity index (χ4v) is 3.93. The van der Waals surface area contributed by atoms with Crippen LogP contribution in [0.1, 0.15) is 30.1 Å². The summed E-state index contributed by atoms with van der Waals surface area (Å²) in [7, 11) is 1.88. The van der Waals surface area contributed by atoms with Crippen LogP contribution in [0.2, 0.25) is 0 Å². The monoisotopic (exact) mass is 403 g/mol. The quantitative estimate of drug-likeness (QED) is 0.553. The van der Waals surface area contributed by atoms with E-state index in [2.05, 4.69) is 19.9 Å². The molecule has 0 saturated carbocycles. The number of rotatable bonds is 3. The van der Waals surface area contributed by atoms with Gasteiger partial charge in [-0.25, -0.2) is 15.0 Å². The number of aliphatic hydroxyl groups excluding tert-OH is 1. The predicted molar refractivity (Wildman–Crippen MR) is 112 cm³/mol. The number of aliphatic hydroxyl groups is 1. The van der Waals surface area contributed by atoms with E-state index < -0.39 is 6.10 Å². The lowest BCUT2D eigenvalue weighted by Gasteiger charge is -2.28. The van der Waals surface area contributed by atoms with Gasteiger partial charge < -0.3 is 10.0 Å². The summed E-state index contributed by atoms with van der Waals surface area (Å²) in [6, 6.07) is 9.39. The van der Waals surface area contributed by atoms with Gasteiger partial charge in [-0.1, -0.05) is 12.1 Å². The molecular weight excluding hydrogens is 382 g/mol. The van der Waals surface area contributed by atoms with E-state index in [9.17, 15) is 9.90 Å². The zero-order chi connectivity index (χ0) is 20.8. The topological polar surface area (TPSA) is 102 Å². The van der Waals surface area contributed by atoms with Crippen molar-refractivity contribution in [1.82, 2.24) is 29.3 Å². The Morgan fingerprint density at radius 3 is 2.67 bits per heavy atom. The van der Waals surface area contributed by atoms with Crippen molar-refractivity contribution in [3.8, 4) is 5.82 Å². The third-order valence-electron chi connectivity index (χ3n) is 5.47. The fourth-order valence-electron chi connectivity index (χ4n) is 3.93. The third kappa shape index (κ3) is 2.94. The maximum Gasteiger partial charge on any atom is 0.278 e. The highest BCUT2D eigenvalue weighted by Gasteiger charge is 2.27. The van der Waals surface area contributed by atoms with Crippen LogP contribution >= 0.6 is 0 Å². The number of hydrogen-bond acceptors (Lipinski definition) is 7. The van der Waals surface area contributed by atoms with E-state index in [1.807, 2.05) is 40.9 Å². The van der Waals surface area contributed by atoms with Gasteiger partial charge in [-0.2, -0.15) is 4.68 Å². The zero-order valence-corrected chi connectivity index (χ0v) is 16.7. The number of benzene rings is 1. The van der Waals surface area contributed by atoms with E-state index in [0.29, 0.717) is 37.0 Å². The van der Waals surface area contributed by atoms with Gasteiger partial charge in [-0.15, -0.1) is 0 Å². The van der Waals surface area contributed by atoms with Crippen LogP contribution in [0.15, 0.2) is 47.5 Å². The molecule has 0 fully saturated rings. The van der Waals surface area contributed by atoms with Crippen LogP contribution in [-0.4, -0.2) is 41.0 Å².